The predicted molar refractivity (Wildman–Crippen MR) is 64.4 cm³/mol. The first-order chi connectivity index (χ1) is 8.79. The third-order valence-corrected chi connectivity index (χ3v) is 2.58. The zero-order valence-electron chi connectivity index (χ0n) is 9.02. The van der Waals surface area contributed by atoms with Gasteiger partial charge in [0.15, 0.2) is 0 Å². The average molecular weight is 306 g/mol. The molecule has 0 aliphatic heterocycles. The summed E-state index contributed by atoms with van der Waals surface area (Å²) in [6.07, 6.45) is -3.72. The minimum Gasteiger partial charge on any atom is -0.359 e. The lowest BCUT2D eigenvalue weighted by Gasteiger charge is -2.13. The van der Waals surface area contributed by atoms with Crippen LogP contribution in [0.25, 0.3) is 0 Å². The normalized spacial score (nSPS) is 10.3. The van der Waals surface area contributed by atoms with Gasteiger partial charge in [-0.3, -0.25) is 0 Å². The highest BCUT2D eigenvalue weighted by Crippen LogP contribution is 2.40. The Kier molecular flexibility index (Phi) is 4.66. The van der Waals surface area contributed by atoms with E-state index in [1.54, 1.807) is 12.1 Å². The van der Waals surface area contributed by atoms with E-state index in [2.05, 4.69) is 5.32 Å². The third-order valence-electron chi connectivity index (χ3n) is 1.96. The van der Waals surface area contributed by atoms with Gasteiger partial charge in [-0.1, -0.05) is 23.2 Å². The van der Waals surface area contributed by atoms with Crippen molar-refractivity contribution in [2.75, 3.05) is 5.32 Å². The number of hydrogen-bond donors (Lipinski definition) is 1. The molecule has 0 unspecified atom stereocenters. The Balaban J connectivity index is 3.25. The molecule has 0 fully saturated rings. The van der Waals surface area contributed by atoms with Crippen LogP contribution in [0.3, 0.4) is 0 Å². The summed E-state index contributed by atoms with van der Waals surface area (Å²) in [4.78, 5) is 0. The molecule has 1 aromatic rings. The number of alkyl halides is 3. The van der Waals surface area contributed by atoms with Crippen molar-refractivity contribution in [3.63, 3.8) is 0 Å². The molecule has 8 heteroatoms. The molecule has 98 valence electrons. The number of halogens is 5. The van der Waals surface area contributed by atoms with E-state index >= 15 is 0 Å². The van der Waals surface area contributed by atoms with Gasteiger partial charge in [0, 0.05) is 11.2 Å². The zero-order valence-corrected chi connectivity index (χ0v) is 10.5. The highest BCUT2D eigenvalue weighted by atomic mass is 35.5. The SMILES string of the molecule is N#CC(C#N)=CNc1cc(Cl)cc(C(F)(F)F)c1Cl. The van der Waals surface area contributed by atoms with E-state index in [1.165, 1.54) is 0 Å². The Morgan fingerprint density at radius 3 is 2.26 bits per heavy atom. The molecule has 3 nitrogen and oxygen atoms in total. The minimum absolute atomic E-state index is 0.149. The average Bonchev–Trinajstić information content (AvgIpc) is 2.32. The molecule has 0 atom stereocenters. The molecule has 0 aliphatic rings. The van der Waals surface area contributed by atoms with Gasteiger partial charge in [0.05, 0.1) is 16.3 Å². The fraction of sp³-hybridized carbons (Fsp3) is 0.0909. The van der Waals surface area contributed by atoms with E-state index in [1.807, 2.05) is 0 Å². The van der Waals surface area contributed by atoms with Gasteiger partial charge in [-0.05, 0) is 12.1 Å². The van der Waals surface area contributed by atoms with Gasteiger partial charge in [0.1, 0.15) is 17.7 Å². The summed E-state index contributed by atoms with van der Waals surface area (Å²) in [6, 6.07) is 4.92. The number of nitrogens with one attached hydrogen (secondary N) is 1. The molecule has 1 rings (SSSR count). The molecule has 0 heterocycles. The second kappa shape index (κ2) is 5.83. The van der Waals surface area contributed by atoms with E-state index in [0.717, 1.165) is 12.3 Å². The number of benzene rings is 1. The number of anilines is 1. The number of allylic oxidation sites excluding steroid dienone is 1. The fourth-order valence-electron chi connectivity index (χ4n) is 1.14. The van der Waals surface area contributed by atoms with E-state index in [9.17, 15) is 13.2 Å². The molecular weight excluding hydrogens is 302 g/mol. The van der Waals surface area contributed by atoms with Crippen molar-refractivity contribution in [3.8, 4) is 12.1 Å². The quantitative estimate of drug-likeness (QED) is 0.826. The molecule has 1 aromatic carbocycles. The largest absolute Gasteiger partial charge is 0.417 e. The molecule has 19 heavy (non-hydrogen) atoms. The topological polar surface area (TPSA) is 59.6 Å². The lowest BCUT2D eigenvalue weighted by molar-refractivity contribution is -0.137. The summed E-state index contributed by atoms with van der Waals surface area (Å²) < 4.78 is 37.9. The highest BCUT2D eigenvalue weighted by Gasteiger charge is 2.34. The van der Waals surface area contributed by atoms with Gasteiger partial charge >= 0.3 is 6.18 Å². The number of nitriles is 2. The van der Waals surface area contributed by atoms with E-state index in [4.69, 9.17) is 33.7 Å². The van der Waals surface area contributed by atoms with Crippen molar-refractivity contribution in [1.29, 1.82) is 10.5 Å². The predicted octanol–water partition coefficient (Wildman–Crippen LogP) is 4.36. The van der Waals surface area contributed by atoms with E-state index < -0.39 is 16.8 Å². The van der Waals surface area contributed by atoms with Crippen molar-refractivity contribution in [3.05, 3.63) is 39.5 Å². The molecule has 0 aliphatic carbocycles. The highest BCUT2D eigenvalue weighted by molar-refractivity contribution is 6.36. The van der Waals surface area contributed by atoms with E-state index in [0.29, 0.717) is 6.07 Å². The van der Waals surface area contributed by atoms with Crippen molar-refractivity contribution in [1.82, 2.24) is 0 Å². The Morgan fingerprint density at radius 1 is 1.21 bits per heavy atom. The van der Waals surface area contributed by atoms with Gasteiger partial charge in [0.25, 0.3) is 0 Å². The summed E-state index contributed by atoms with van der Waals surface area (Å²) >= 11 is 11.2. The number of nitrogens with zero attached hydrogens (tertiary/aromatic N) is 2. The second-order valence-corrected chi connectivity index (χ2v) is 4.05. The Morgan fingerprint density at radius 2 is 1.79 bits per heavy atom. The Bertz CT molecular complexity index is 593. The van der Waals surface area contributed by atoms with Crippen LogP contribution in [0.5, 0.6) is 0 Å². The van der Waals surface area contributed by atoms with Crippen LogP contribution in [-0.4, -0.2) is 0 Å². The molecule has 0 spiro atoms. The maximum Gasteiger partial charge on any atom is 0.417 e. The minimum atomic E-state index is -4.66. The van der Waals surface area contributed by atoms with Gasteiger partial charge in [-0.25, -0.2) is 0 Å². The van der Waals surface area contributed by atoms with Crippen LogP contribution >= 0.6 is 23.2 Å². The van der Waals surface area contributed by atoms with Crippen molar-refractivity contribution < 1.29 is 13.2 Å². The monoisotopic (exact) mass is 305 g/mol. The molecule has 0 bridgehead atoms. The van der Waals surface area contributed by atoms with Crippen LogP contribution in [0.15, 0.2) is 23.9 Å². The first-order valence-corrected chi connectivity index (χ1v) is 5.38. The first kappa shape index (κ1) is 15.2. The molecule has 0 amide bonds. The zero-order chi connectivity index (χ0) is 14.6. The smallest absolute Gasteiger partial charge is 0.359 e. The van der Waals surface area contributed by atoms with Crippen LogP contribution in [0.2, 0.25) is 10.0 Å². The molecular formula is C11H4Cl2F3N3. The van der Waals surface area contributed by atoms with Crippen molar-refractivity contribution >= 4 is 28.9 Å². The summed E-state index contributed by atoms with van der Waals surface area (Å²) in [5, 5.41) is 18.6. The maximum atomic E-state index is 12.6. The van der Waals surface area contributed by atoms with Crippen LogP contribution in [0.4, 0.5) is 18.9 Å². The summed E-state index contributed by atoms with van der Waals surface area (Å²) in [5.74, 6) is 0. The standard InChI is InChI=1S/C11H4Cl2F3N3/c12-7-1-8(11(14,15)16)10(13)9(2-7)19-5-6(3-17)4-18/h1-2,5,19H. The van der Waals surface area contributed by atoms with Gasteiger partial charge in [-0.2, -0.15) is 23.7 Å². The van der Waals surface area contributed by atoms with Crippen molar-refractivity contribution in [2.24, 2.45) is 0 Å². The lowest BCUT2D eigenvalue weighted by Crippen LogP contribution is -2.07. The summed E-state index contributed by atoms with van der Waals surface area (Å²) in [5.41, 5.74) is -1.57. The molecule has 1 N–H and O–H groups in total. The van der Waals surface area contributed by atoms with Crippen molar-refractivity contribution in [2.45, 2.75) is 6.18 Å². The summed E-state index contributed by atoms with van der Waals surface area (Å²) in [6.45, 7) is 0. The van der Waals surface area contributed by atoms with Crippen LogP contribution < -0.4 is 5.32 Å². The molecule has 0 aromatic heterocycles. The third kappa shape index (κ3) is 3.78. The first-order valence-electron chi connectivity index (χ1n) is 4.62. The van der Waals surface area contributed by atoms with Crippen LogP contribution in [0, 0.1) is 22.7 Å². The van der Waals surface area contributed by atoms with E-state index in [-0.39, 0.29) is 16.3 Å². The fourth-order valence-corrected chi connectivity index (χ4v) is 1.63. The molecule has 0 saturated carbocycles. The van der Waals surface area contributed by atoms with Crippen LogP contribution in [-0.2, 0) is 6.18 Å². The van der Waals surface area contributed by atoms with Gasteiger partial charge in [0.2, 0.25) is 0 Å². The Labute approximate surface area is 116 Å². The number of hydrogen-bond acceptors (Lipinski definition) is 3. The molecule has 0 radical (unpaired) electrons. The van der Waals surface area contributed by atoms with Crippen LogP contribution in [0.1, 0.15) is 5.56 Å². The van der Waals surface area contributed by atoms with Gasteiger partial charge < -0.3 is 5.32 Å². The number of rotatable bonds is 2. The Hall–Kier alpha value is -1.89. The molecule has 0 saturated heterocycles. The lowest BCUT2D eigenvalue weighted by atomic mass is 10.2. The second-order valence-electron chi connectivity index (χ2n) is 3.24. The maximum absolute atomic E-state index is 12.6. The summed E-state index contributed by atoms with van der Waals surface area (Å²) in [7, 11) is 0. The van der Waals surface area contributed by atoms with Gasteiger partial charge in [-0.15, -0.1) is 0 Å².